The number of benzene rings is 1. The van der Waals surface area contributed by atoms with Crippen molar-refractivity contribution < 1.29 is 4.79 Å². The van der Waals surface area contributed by atoms with Gasteiger partial charge in [0.2, 0.25) is 0 Å². The van der Waals surface area contributed by atoms with E-state index < -0.39 is 0 Å². The van der Waals surface area contributed by atoms with Crippen LogP contribution in [-0.4, -0.2) is 23.3 Å². The van der Waals surface area contributed by atoms with Crippen LogP contribution in [0.5, 0.6) is 0 Å². The third kappa shape index (κ3) is 2.71. The molecule has 0 saturated carbocycles. The Morgan fingerprint density at radius 2 is 2.19 bits per heavy atom. The first-order valence-corrected chi connectivity index (χ1v) is 6.45. The zero-order valence-corrected chi connectivity index (χ0v) is 11.0. The van der Waals surface area contributed by atoms with Crippen LogP contribution in [0, 0.1) is 0 Å². The number of halogens is 1. The Hall–Kier alpha value is -0.670. The lowest BCUT2D eigenvalue weighted by atomic mass is 10.0. The molecule has 0 spiro atoms. The van der Waals surface area contributed by atoms with Crippen LogP contribution in [0.4, 0.5) is 0 Å². The Morgan fingerprint density at radius 3 is 2.88 bits per heavy atom. The number of nitrogens with zero attached hydrogens (tertiary/aromatic N) is 1. The molecule has 0 bridgehead atoms. The fraction of sp³-hybridized carbons (Fsp3) is 0.462. The minimum atomic E-state index is 0.369. The van der Waals surface area contributed by atoms with Gasteiger partial charge >= 0.3 is 0 Å². The first kappa shape index (κ1) is 11.8. The summed E-state index contributed by atoms with van der Waals surface area (Å²) >= 11 is 3.56. The van der Waals surface area contributed by atoms with Crippen LogP contribution < -0.4 is 0 Å². The van der Waals surface area contributed by atoms with Gasteiger partial charge in [0, 0.05) is 36.4 Å². The fourth-order valence-corrected chi connectivity index (χ4v) is 2.54. The van der Waals surface area contributed by atoms with Gasteiger partial charge in [-0.05, 0) is 18.6 Å². The Morgan fingerprint density at radius 1 is 1.44 bits per heavy atom. The highest BCUT2D eigenvalue weighted by molar-refractivity contribution is 9.10. The molecule has 86 valence electrons. The van der Waals surface area contributed by atoms with Crippen LogP contribution in [-0.2, 0) is 11.3 Å². The summed E-state index contributed by atoms with van der Waals surface area (Å²) in [6.45, 7) is 3.95. The second-order valence-corrected chi connectivity index (χ2v) is 5.26. The highest BCUT2D eigenvalue weighted by Gasteiger charge is 2.23. The predicted molar refractivity (Wildman–Crippen MR) is 68.3 cm³/mol. The summed E-state index contributed by atoms with van der Waals surface area (Å²) in [4.78, 5) is 13.7. The number of piperidine rings is 1. The second-order valence-electron chi connectivity index (χ2n) is 4.40. The number of hydrogen-bond acceptors (Lipinski definition) is 2. The molecule has 1 saturated heterocycles. The van der Waals surface area contributed by atoms with Crippen molar-refractivity contribution in [2.75, 3.05) is 6.54 Å². The van der Waals surface area contributed by atoms with Gasteiger partial charge in [-0.2, -0.15) is 0 Å². The van der Waals surface area contributed by atoms with E-state index in [0.717, 1.165) is 17.6 Å². The summed E-state index contributed by atoms with van der Waals surface area (Å²) in [5.74, 6) is 0.399. The number of hydrogen-bond donors (Lipinski definition) is 0. The lowest BCUT2D eigenvalue weighted by Gasteiger charge is -2.32. The zero-order chi connectivity index (χ0) is 11.5. The summed E-state index contributed by atoms with van der Waals surface area (Å²) in [7, 11) is 0. The van der Waals surface area contributed by atoms with E-state index in [1.54, 1.807) is 0 Å². The van der Waals surface area contributed by atoms with Crippen LogP contribution >= 0.6 is 15.9 Å². The molecule has 1 fully saturated rings. The largest absolute Gasteiger partial charge is 0.300 e. The van der Waals surface area contributed by atoms with Crippen molar-refractivity contribution in [2.24, 2.45) is 0 Å². The van der Waals surface area contributed by atoms with Crippen molar-refractivity contribution in [3.63, 3.8) is 0 Å². The molecule has 2 rings (SSSR count). The van der Waals surface area contributed by atoms with Crippen molar-refractivity contribution in [3.05, 3.63) is 34.3 Å². The number of ketones is 1. The SMILES string of the molecule is CC1CC(=O)CCN1Cc1ccccc1Br. The highest BCUT2D eigenvalue weighted by atomic mass is 79.9. The maximum Gasteiger partial charge on any atom is 0.135 e. The number of carbonyl (C=O) groups is 1. The first-order chi connectivity index (χ1) is 7.66. The fourth-order valence-electron chi connectivity index (χ4n) is 2.13. The first-order valence-electron chi connectivity index (χ1n) is 5.66. The molecule has 1 aromatic carbocycles. The van der Waals surface area contributed by atoms with Crippen molar-refractivity contribution in [2.45, 2.75) is 32.4 Å². The Bertz CT molecular complexity index is 391. The van der Waals surface area contributed by atoms with Gasteiger partial charge in [-0.3, -0.25) is 9.69 Å². The van der Waals surface area contributed by atoms with Crippen molar-refractivity contribution in [1.82, 2.24) is 4.90 Å². The van der Waals surface area contributed by atoms with Crippen LogP contribution in [0.25, 0.3) is 0 Å². The van der Waals surface area contributed by atoms with Crippen molar-refractivity contribution in [1.29, 1.82) is 0 Å². The van der Waals surface area contributed by atoms with E-state index in [1.807, 2.05) is 6.07 Å². The number of rotatable bonds is 2. The molecule has 0 radical (unpaired) electrons. The van der Waals surface area contributed by atoms with E-state index in [4.69, 9.17) is 0 Å². The van der Waals surface area contributed by atoms with Gasteiger partial charge in [0.25, 0.3) is 0 Å². The molecular weight excluding hydrogens is 266 g/mol. The molecule has 0 aliphatic carbocycles. The summed E-state index contributed by atoms with van der Waals surface area (Å²) in [5.41, 5.74) is 1.30. The van der Waals surface area contributed by atoms with Crippen LogP contribution in [0.3, 0.4) is 0 Å². The maximum absolute atomic E-state index is 11.3. The highest BCUT2D eigenvalue weighted by Crippen LogP contribution is 2.22. The summed E-state index contributed by atoms with van der Waals surface area (Å²) in [6.07, 6.45) is 1.40. The average Bonchev–Trinajstić information content (AvgIpc) is 2.25. The van der Waals surface area contributed by atoms with Gasteiger partial charge in [0.15, 0.2) is 0 Å². The van der Waals surface area contributed by atoms with E-state index in [2.05, 4.69) is 46.0 Å². The van der Waals surface area contributed by atoms with Crippen LogP contribution in [0.1, 0.15) is 25.3 Å². The molecule has 1 heterocycles. The summed E-state index contributed by atoms with van der Waals surface area (Å²) in [5, 5.41) is 0. The molecule has 0 aromatic heterocycles. The van der Waals surface area contributed by atoms with Gasteiger partial charge in [-0.1, -0.05) is 34.1 Å². The van der Waals surface area contributed by atoms with Gasteiger partial charge in [0.1, 0.15) is 5.78 Å². The molecule has 1 aliphatic heterocycles. The van der Waals surface area contributed by atoms with E-state index in [1.165, 1.54) is 5.56 Å². The molecule has 16 heavy (non-hydrogen) atoms. The maximum atomic E-state index is 11.3. The lowest BCUT2D eigenvalue weighted by Crippen LogP contribution is -2.40. The second kappa shape index (κ2) is 5.11. The van der Waals surface area contributed by atoms with Gasteiger partial charge in [-0.15, -0.1) is 0 Å². The molecule has 1 atom stereocenters. The molecule has 0 N–H and O–H groups in total. The van der Waals surface area contributed by atoms with E-state index in [9.17, 15) is 4.79 Å². The Balaban J connectivity index is 2.05. The van der Waals surface area contributed by atoms with E-state index in [-0.39, 0.29) is 0 Å². The van der Waals surface area contributed by atoms with Gasteiger partial charge < -0.3 is 0 Å². The Kier molecular flexibility index (Phi) is 3.77. The molecule has 2 nitrogen and oxygen atoms in total. The minimum absolute atomic E-state index is 0.369. The summed E-state index contributed by atoms with van der Waals surface area (Å²) in [6, 6.07) is 8.65. The standard InChI is InChI=1S/C13H16BrNO/c1-10-8-12(16)6-7-15(10)9-11-4-2-3-5-13(11)14/h2-5,10H,6-9H2,1H3. The molecular formula is C13H16BrNO. The predicted octanol–water partition coefficient (Wildman–Crippen LogP) is 3.00. The molecule has 3 heteroatoms. The average molecular weight is 282 g/mol. The topological polar surface area (TPSA) is 20.3 Å². The zero-order valence-electron chi connectivity index (χ0n) is 9.45. The van der Waals surface area contributed by atoms with Gasteiger partial charge in [0.05, 0.1) is 0 Å². The number of carbonyl (C=O) groups excluding carboxylic acids is 1. The van der Waals surface area contributed by atoms with Gasteiger partial charge in [-0.25, -0.2) is 0 Å². The van der Waals surface area contributed by atoms with Crippen molar-refractivity contribution in [3.8, 4) is 0 Å². The van der Waals surface area contributed by atoms with Crippen LogP contribution in [0.15, 0.2) is 28.7 Å². The summed E-state index contributed by atoms with van der Waals surface area (Å²) < 4.78 is 1.15. The van der Waals surface area contributed by atoms with E-state index in [0.29, 0.717) is 24.7 Å². The molecule has 1 aromatic rings. The monoisotopic (exact) mass is 281 g/mol. The molecule has 1 unspecified atom stereocenters. The third-order valence-corrected chi connectivity index (χ3v) is 3.93. The normalized spacial score (nSPS) is 22.4. The number of Topliss-reactive ketones (excluding diaryl/α,β-unsaturated/α-hetero) is 1. The Labute approximate surface area is 105 Å². The quantitative estimate of drug-likeness (QED) is 0.831. The van der Waals surface area contributed by atoms with E-state index >= 15 is 0 Å². The lowest BCUT2D eigenvalue weighted by molar-refractivity contribution is -0.123. The minimum Gasteiger partial charge on any atom is -0.300 e. The molecule has 1 aliphatic rings. The smallest absolute Gasteiger partial charge is 0.135 e. The van der Waals surface area contributed by atoms with Crippen molar-refractivity contribution >= 4 is 21.7 Å². The molecule has 0 amide bonds. The third-order valence-electron chi connectivity index (χ3n) is 3.16. The number of likely N-dealkylation sites (tertiary alicyclic amines) is 1. The van der Waals surface area contributed by atoms with Crippen LogP contribution in [0.2, 0.25) is 0 Å².